The molecule has 0 amide bonds. The first-order chi connectivity index (χ1) is 8.99. The van der Waals surface area contributed by atoms with Crippen LogP contribution in [0.25, 0.3) is 0 Å². The maximum atomic E-state index is 11.1. The zero-order valence-electron chi connectivity index (χ0n) is 9.85. The van der Waals surface area contributed by atoms with E-state index in [-0.39, 0.29) is 11.3 Å². The normalized spacial score (nSPS) is 10.3. The third-order valence-electron chi connectivity index (χ3n) is 2.43. The average Bonchev–Trinajstić information content (AvgIpc) is 2.35. The van der Waals surface area contributed by atoms with Crippen molar-refractivity contribution in [3.8, 4) is 11.6 Å². The number of rotatable bonds is 3. The van der Waals surface area contributed by atoms with Gasteiger partial charge in [0.05, 0.1) is 4.47 Å². The lowest BCUT2D eigenvalue weighted by molar-refractivity contribution is 0.0694. The molecule has 0 atom stereocenters. The molecule has 6 heteroatoms. The lowest BCUT2D eigenvalue weighted by atomic mass is 10.2. The number of carbonyl (C=O) groups is 1. The molecule has 4 nitrogen and oxygen atoms in total. The Morgan fingerprint density at radius 2 is 2.05 bits per heavy atom. The van der Waals surface area contributed by atoms with Gasteiger partial charge in [-0.25, -0.2) is 9.78 Å². The zero-order valence-corrected chi connectivity index (χ0v) is 13.0. The maximum absolute atomic E-state index is 11.1. The van der Waals surface area contributed by atoms with Gasteiger partial charge >= 0.3 is 5.97 Å². The molecule has 2 aromatic rings. The lowest BCUT2D eigenvalue weighted by Gasteiger charge is -2.10. The topological polar surface area (TPSA) is 59.4 Å². The summed E-state index contributed by atoms with van der Waals surface area (Å²) in [5.74, 6) is -0.479. The molecule has 19 heavy (non-hydrogen) atoms. The smallest absolute Gasteiger partial charge is 0.339 e. The minimum atomic E-state index is -1.05. The van der Waals surface area contributed by atoms with Crippen LogP contribution >= 0.6 is 31.9 Å². The van der Waals surface area contributed by atoms with Crippen LogP contribution in [-0.2, 0) is 0 Å². The van der Waals surface area contributed by atoms with Gasteiger partial charge < -0.3 is 9.84 Å². The van der Waals surface area contributed by atoms with Gasteiger partial charge in [-0.2, -0.15) is 0 Å². The predicted octanol–water partition coefficient (Wildman–Crippen LogP) is 4.41. The highest BCUT2D eigenvalue weighted by Crippen LogP contribution is 2.33. The van der Waals surface area contributed by atoms with Crippen LogP contribution in [-0.4, -0.2) is 16.1 Å². The van der Waals surface area contributed by atoms with Crippen LogP contribution in [0.5, 0.6) is 11.6 Å². The number of aromatic nitrogens is 1. The van der Waals surface area contributed by atoms with E-state index in [1.807, 2.05) is 13.0 Å². The van der Waals surface area contributed by atoms with Crippen molar-refractivity contribution in [2.45, 2.75) is 6.92 Å². The van der Waals surface area contributed by atoms with Gasteiger partial charge in [0.1, 0.15) is 11.3 Å². The third-order valence-corrected chi connectivity index (χ3v) is 3.89. The Balaban J connectivity index is 2.45. The van der Waals surface area contributed by atoms with E-state index in [1.165, 1.54) is 6.07 Å². The van der Waals surface area contributed by atoms with Gasteiger partial charge in [-0.1, -0.05) is 15.9 Å². The molecule has 0 saturated heterocycles. The first kappa shape index (κ1) is 14.0. The highest BCUT2D eigenvalue weighted by molar-refractivity contribution is 9.10. The predicted molar refractivity (Wildman–Crippen MR) is 77.8 cm³/mol. The van der Waals surface area contributed by atoms with Crippen LogP contribution in [0.1, 0.15) is 15.9 Å². The molecule has 0 fully saturated rings. The van der Waals surface area contributed by atoms with E-state index in [2.05, 4.69) is 36.8 Å². The Bertz CT molecular complexity index is 644. The van der Waals surface area contributed by atoms with Gasteiger partial charge in [0.25, 0.3) is 0 Å². The number of aromatic carboxylic acids is 1. The van der Waals surface area contributed by atoms with Crippen molar-refractivity contribution in [3.63, 3.8) is 0 Å². The first-order valence-electron chi connectivity index (χ1n) is 5.31. The highest BCUT2D eigenvalue weighted by Gasteiger charge is 2.15. The Morgan fingerprint density at radius 1 is 1.32 bits per heavy atom. The van der Waals surface area contributed by atoms with Crippen LogP contribution in [0.4, 0.5) is 0 Å². The second-order valence-electron chi connectivity index (χ2n) is 3.79. The molecule has 2 rings (SSSR count). The van der Waals surface area contributed by atoms with Crippen molar-refractivity contribution in [2.24, 2.45) is 0 Å². The number of aryl methyl sites for hydroxylation is 1. The lowest BCUT2D eigenvalue weighted by Crippen LogP contribution is -2.01. The van der Waals surface area contributed by atoms with E-state index in [9.17, 15) is 4.79 Å². The van der Waals surface area contributed by atoms with E-state index >= 15 is 0 Å². The van der Waals surface area contributed by atoms with E-state index in [1.54, 1.807) is 18.3 Å². The SMILES string of the molecule is Cc1ccnc(Oc2cc(Br)ccc2C(=O)O)c1Br. The number of hydrogen-bond donors (Lipinski definition) is 1. The molecule has 0 radical (unpaired) electrons. The van der Waals surface area contributed by atoms with Gasteiger partial charge in [0.15, 0.2) is 0 Å². The molecular formula is C13H9Br2NO3. The number of carboxylic acid groups (broad SMARTS) is 1. The van der Waals surface area contributed by atoms with Crippen molar-refractivity contribution in [1.29, 1.82) is 0 Å². The quantitative estimate of drug-likeness (QED) is 0.848. The van der Waals surface area contributed by atoms with Crippen molar-refractivity contribution in [1.82, 2.24) is 4.98 Å². The van der Waals surface area contributed by atoms with E-state index < -0.39 is 5.97 Å². The second-order valence-corrected chi connectivity index (χ2v) is 5.50. The molecule has 1 aromatic carbocycles. The number of nitrogens with zero attached hydrogens (tertiary/aromatic N) is 1. The van der Waals surface area contributed by atoms with Crippen LogP contribution < -0.4 is 4.74 Å². The summed E-state index contributed by atoms with van der Waals surface area (Å²) in [5.41, 5.74) is 1.04. The fraction of sp³-hybridized carbons (Fsp3) is 0.0769. The molecule has 0 spiro atoms. The summed E-state index contributed by atoms with van der Waals surface area (Å²) < 4.78 is 7.03. The number of ether oxygens (including phenoxy) is 1. The van der Waals surface area contributed by atoms with Crippen LogP contribution in [0.3, 0.4) is 0 Å². The summed E-state index contributed by atoms with van der Waals surface area (Å²) in [4.78, 5) is 15.2. The largest absolute Gasteiger partial charge is 0.478 e. The Morgan fingerprint density at radius 3 is 2.74 bits per heavy atom. The van der Waals surface area contributed by atoms with Crippen molar-refractivity contribution in [2.75, 3.05) is 0 Å². The summed E-state index contributed by atoms with van der Waals surface area (Å²) in [6.07, 6.45) is 1.61. The van der Waals surface area contributed by atoms with E-state index in [0.29, 0.717) is 10.4 Å². The fourth-order valence-corrected chi connectivity index (χ4v) is 2.10. The molecule has 0 unspecified atom stereocenters. The number of benzene rings is 1. The molecule has 0 saturated carbocycles. The van der Waals surface area contributed by atoms with E-state index in [4.69, 9.17) is 9.84 Å². The van der Waals surface area contributed by atoms with Gasteiger partial charge in [0.2, 0.25) is 5.88 Å². The number of halogens is 2. The van der Waals surface area contributed by atoms with Crippen molar-refractivity contribution >= 4 is 37.8 Å². The monoisotopic (exact) mass is 385 g/mol. The summed E-state index contributed by atoms with van der Waals surface area (Å²) >= 11 is 6.66. The molecule has 98 valence electrons. The summed E-state index contributed by atoms with van der Waals surface area (Å²) in [5, 5.41) is 9.13. The van der Waals surface area contributed by atoms with Crippen LogP contribution in [0.2, 0.25) is 0 Å². The van der Waals surface area contributed by atoms with Gasteiger partial charge in [-0.05, 0) is 52.7 Å². The summed E-state index contributed by atoms with van der Waals surface area (Å²) in [6, 6.07) is 6.55. The minimum Gasteiger partial charge on any atom is -0.478 e. The fourth-order valence-electron chi connectivity index (χ4n) is 1.45. The number of carboxylic acids is 1. The Hall–Kier alpha value is -1.40. The van der Waals surface area contributed by atoms with Crippen molar-refractivity contribution in [3.05, 3.63) is 50.5 Å². The molecule has 1 aromatic heterocycles. The highest BCUT2D eigenvalue weighted by atomic mass is 79.9. The molecule has 1 N–H and O–H groups in total. The molecule has 0 bridgehead atoms. The Labute approximate surface area is 126 Å². The van der Waals surface area contributed by atoms with Gasteiger partial charge in [-0.15, -0.1) is 0 Å². The number of hydrogen-bond acceptors (Lipinski definition) is 3. The molecule has 0 aliphatic carbocycles. The maximum Gasteiger partial charge on any atom is 0.339 e. The van der Waals surface area contributed by atoms with Crippen molar-refractivity contribution < 1.29 is 14.6 Å². The molecule has 0 aliphatic heterocycles. The van der Waals surface area contributed by atoms with E-state index in [0.717, 1.165) is 10.0 Å². The minimum absolute atomic E-state index is 0.0819. The third kappa shape index (κ3) is 3.13. The summed E-state index contributed by atoms with van der Waals surface area (Å²) in [7, 11) is 0. The van der Waals surface area contributed by atoms with Crippen LogP contribution in [0, 0.1) is 6.92 Å². The zero-order chi connectivity index (χ0) is 14.0. The average molecular weight is 387 g/mol. The second kappa shape index (κ2) is 5.71. The Kier molecular flexibility index (Phi) is 4.21. The molecule has 1 heterocycles. The van der Waals surface area contributed by atoms with Gasteiger partial charge in [-0.3, -0.25) is 0 Å². The molecule has 0 aliphatic rings. The standard InChI is InChI=1S/C13H9Br2NO3/c1-7-4-5-16-12(11(7)15)19-10-6-8(14)2-3-9(10)13(17)18/h2-6H,1H3,(H,17,18). The summed E-state index contributed by atoms with van der Waals surface area (Å²) in [6.45, 7) is 1.90. The molecular weight excluding hydrogens is 378 g/mol. The first-order valence-corrected chi connectivity index (χ1v) is 6.89. The van der Waals surface area contributed by atoms with Gasteiger partial charge in [0, 0.05) is 10.7 Å². The van der Waals surface area contributed by atoms with Crippen LogP contribution in [0.15, 0.2) is 39.4 Å². The number of pyridine rings is 1.